The Kier molecular flexibility index (Phi) is 3.05. The van der Waals surface area contributed by atoms with E-state index in [1.165, 1.54) is 12.8 Å². The Bertz CT molecular complexity index is 324. The van der Waals surface area contributed by atoms with E-state index in [1.54, 1.807) is 4.31 Å². The summed E-state index contributed by atoms with van der Waals surface area (Å²) in [5.41, 5.74) is 5.83. The van der Waals surface area contributed by atoms with Crippen LogP contribution < -0.4 is 5.73 Å². The molecule has 0 bridgehead atoms. The summed E-state index contributed by atoms with van der Waals surface area (Å²) in [5.74, 6) is 0.987. The molecule has 0 spiro atoms. The van der Waals surface area contributed by atoms with Crippen LogP contribution in [0.1, 0.15) is 32.6 Å². The largest absolute Gasteiger partial charge is 0.326 e. The molecule has 0 aromatic heterocycles. The van der Waals surface area contributed by atoms with Gasteiger partial charge in [0.15, 0.2) is 0 Å². The van der Waals surface area contributed by atoms with Crippen molar-refractivity contribution in [3.05, 3.63) is 0 Å². The summed E-state index contributed by atoms with van der Waals surface area (Å²) in [6, 6.07) is -0.00472. The lowest BCUT2D eigenvalue weighted by atomic mass is 10.2. The molecule has 1 aliphatic heterocycles. The lowest BCUT2D eigenvalue weighted by molar-refractivity contribution is 0.392. The number of nitrogens with two attached hydrogens (primary N) is 1. The molecule has 4 nitrogen and oxygen atoms in total. The Morgan fingerprint density at radius 2 is 2.00 bits per heavy atom. The van der Waals surface area contributed by atoms with Gasteiger partial charge in [0, 0.05) is 18.6 Å². The van der Waals surface area contributed by atoms with Gasteiger partial charge in [0.25, 0.3) is 0 Å². The summed E-state index contributed by atoms with van der Waals surface area (Å²) in [5, 5.41) is 0. The van der Waals surface area contributed by atoms with Crippen LogP contribution in [0, 0.1) is 5.92 Å². The molecular weight excluding hydrogens is 212 g/mol. The zero-order valence-corrected chi connectivity index (χ0v) is 10.0. The first-order valence-corrected chi connectivity index (χ1v) is 7.37. The topological polar surface area (TPSA) is 63.4 Å². The maximum absolute atomic E-state index is 12.0. The third-order valence-electron chi connectivity index (χ3n) is 3.59. The quantitative estimate of drug-likeness (QED) is 0.769. The van der Waals surface area contributed by atoms with E-state index in [0.717, 1.165) is 12.8 Å². The van der Waals surface area contributed by atoms with Gasteiger partial charge in [-0.25, -0.2) is 8.42 Å². The molecule has 1 saturated heterocycles. The minimum Gasteiger partial charge on any atom is -0.326 e. The van der Waals surface area contributed by atoms with E-state index in [4.69, 9.17) is 5.73 Å². The summed E-state index contributed by atoms with van der Waals surface area (Å²) >= 11 is 0. The van der Waals surface area contributed by atoms with E-state index in [0.29, 0.717) is 18.2 Å². The van der Waals surface area contributed by atoms with Gasteiger partial charge < -0.3 is 5.73 Å². The molecule has 0 aromatic carbocycles. The number of nitrogens with zero attached hydrogens (tertiary/aromatic N) is 1. The van der Waals surface area contributed by atoms with Crippen LogP contribution in [0.2, 0.25) is 0 Å². The van der Waals surface area contributed by atoms with Gasteiger partial charge in [0.05, 0.1) is 5.75 Å². The normalized spacial score (nSPS) is 33.5. The second-order valence-electron chi connectivity index (χ2n) is 4.85. The van der Waals surface area contributed by atoms with Crippen LogP contribution in [-0.4, -0.2) is 37.1 Å². The Hall–Kier alpha value is -0.130. The summed E-state index contributed by atoms with van der Waals surface area (Å²) < 4.78 is 25.6. The smallest absolute Gasteiger partial charge is 0.214 e. The average molecular weight is 232 g/mol. The van der Waals surface area contributed by atoms with Crippen molar-refractivity contribution in [2.24, 2.45) is 11.7 Å². The number of hydrogen-bond donors (Lipinski definition) is 1. The zero-order chi connectivity index (χ0) is 11.1. The number of rotatable bonds is 4. The molecule has 88 valence electrons. The van der Waals surface area contributed by atoms with E-state index >= 15 is 0 Å². The second-order valence-corrected chi connectivity index (χ2v) is 6.89. The van der Waals surface area contributed by atoms with Crippen molar-refractivity contribution < 1.29 is 8.42 Å². The monoisotopic (exact) mass is 232 g/mol. The molecule has 0 aromatic rings. The predicted octanol–water partition coefficient (Wildman–Crippen LogP) is 0.538. The molecule has 1 heterocycles. The summed E-state index contributed by atoms with van der Waals surface area (Å²) in [7, 11) is -3.04. The van der Waals surface area contributed by atoms with Crippen molar-refractivity contribution in [1.82, 2.24) is 4.31 Å². The Labute approximate surface area is 91.9 Å². The van der Waals surface area contributed by atoms with Gasteiger partial charge in [0.1, 0.15) is 0 Å². The van der Waals surface area contributed by atoms with Crippen LogP contribution in [0.15, 0.2) is 0 Å². The molecule has 2 N–H and O–H groups in total. The van der Waals surface area contributed by atoms with Gasteiger partial charge in [-0.05, 0) is 25.7 Å². The van der Waals surface area contributed by atoms with Crippen molar-refractivity contribution in [1.29, 1.82) is 0 Å². The van der Waals surface area contributed by atoms with Crippen LogP contribution in [0.3, 0.4) is 0 Å². The highest BCUT2D eigenvalue weighted by Gasteiger charge is 2.36. The molecule has 15 heavy (non-hydrogen) atoms. The molecule has 2 unspecified atom stereocenters. The fourth-order valence-corrected chi connectivity index (χ4v) is 4.08. The highest BCUT2D eigenvalue weighted by molar-refractivity contribution is 7.89. The van der Waals surface area contributed by atoms with Gasteiger partial charge in [-0.1, -0.05) is 12.8 Å². The second kappa shape index (κ2) is 4.03. The highest BCUT2D eigenvalue weighted by atomic mass is 32.2. The maximum atomic E-state index is 12.0. The molecule has 2 fully saturated rings. The lowest BCUT2D eigenvalue weighted by Crippen LogP contribution is -2.41. The first-order valence-electron chi connectivity index (χ1n) is 5.76. The van der Waals surface area contributed by atoms with Crippen molar-refractivity contribution in [3.8, 4) is 0 Å². The van der Waals surface area contributed by atoms with E-state index in [2.05, 4.69) is 0 Å². The van der Waals surface area contributed by atoms with Crippen molar-refractivity contribution >= 4 is 10.0 Å². The minimum absolute atomic E-state index is 0.0145. The van der Waals surface area contributed by atoms with Gasteiger partial charge in [-0.15, -0.1) is 0 Å². The fourth-order valence-electron chi connectivity index (χ4n) is 2.17. The Morgan fingerprint density at radius 3 is 2.47 bits per heavy atom. The molecule has 2 aliphatic rings. The van der Waals surface area contributed by atoms with Crippen LogP contribution >= 0.6 is 0 Å². The summed E-state index contributed by atoms with van der Waals surface area (Å²) in [6.45, 7) is 2.52. The maximum Gasteiger partial charge on any atom is 0.214 e. The van der Waals surface area contributed by atoms with E-state index in [9.17, 15) is 8.42 Å². The minimum atomic E-state index is -3.04. The number of hydrogen-bond acceptors (Lipinski definition) is 3. The average Bonchev–Trinajstić information content (AvgIpc) is 2.92. The van der Waals surface area contributed by atoms with Crippen molar-refractivity contribution in [3.63, 3.8) is 0 Å². The molecule has 1 aliphatic carbocycles. The van der Waals surface area contributed by atoms with Crippen LogP contribution in [0.4, 0.5) is 0 Å². The molecule has 2 rings (SSSR count). The first-order chi connectivity index (χ1) is 7.00. The fraction of sp³-hybridized carbons (Fsp3) is 1.00. The van der Waals surface area contributed by atoms with Crippen LogP contribution in [-0.2, 0) is 10.0 Å². The van der Waals surface area contributed by atoms with Crippen molar-refractivity contribution in [2.45, 2.75) is 44.7 Å². The SMILES string of the molecule is CC1C(N)CCN1S(=O)(=O)CCC1CC1. The van der Waals surface area contributed by atoms with Gasteiger partial charge in [0.2, 0.25) is 10.0 Å². The third-order valence-corrected chi connectivity index (χ3v) is 5.58. The molecule has 1 saturated carbocycles. The van der Waals surface area contributed by atoms with E-state index < -0.39 is 10.0 Å². The Morgan fingerprint density at radius 1 is 1.33 bits per heavy atom. The number of sulfonamides is 1. The predicted molar refractivity (Wildman–Crippen MR) is 59.9 cm³/mol. The van der Waals surface area contributed by atoms with E-state index in [1.807, 2.05) is 6.92 Å². The van der Waals surface area contributed by atoms with Crippen molar-refractivity contribution in [2.75, 3.05) is 12.3 Å². The van der Waals surface area contributed by atoms with Crippen LogP contribution in [0.25, 0.3) is 0 Å². The molecule has 2 atom stereocenters. The van der Waals surface area contributed by atoms with Gasteiger partial charge in [-0.3, -0.25) is 0 Å². The van der Waals surface area contributed by atoms with Gasteiger partial charge in [-0.2, -0.15) is 4.31 Å². The van der Waals surface area contributed by atoms with E-state index in [-0.39, 0.29) is 12.1 Å². The molecular formula is C10H20N2O2S. The Balaban J connectivity index is 1.95. The third kappa shape index (κ3) is 2.52. The summed E-state index contributed by atoms with van der Waals surface area (Å²) in [6.07, 6.45) is 4.06. The first kappa shape index (κ1) is 11.4. The highest BCUT2D eigenvalue weighted by Crippen LogP contribution is 2.33. The molecule has 0 amide bonds. The molecule has 5 heteroatoms. The zero-order valence-electron chi connectivity index (χ0n) is 9.22. The lowest BCUT2D eigenvalue weighted by Gasteiger charge is -2.22. The standard InChI is InChI=1S/C10H20N2O2S/c1-8-10(11)4-6-12(8)15(13,14)7-5-9-2-3-9/h8-10H,2-7,11H2,1H3. The van der Waals surface area contributed by atoms with Crippen LogP contribution in [0.5, 0.6) is 0 Å². The van der Waals surface area contributed by atoms with Gasteiger partial charge >= 0.3 is 0 Å². The molecule has 0 radical (unpaired) electrons. The summed E-state index contributed by atoms with van der Waals surface area (Å²) in [4.78, 5) is 0.